The molecule has 0 aliphatic heterocycles. The molecule has 0 heterocycles. The number of hydrogen-bond acceptors (Lipinski definition) is 5. The molecule has 7 nitrogen and oxygen atoms in total. The number of unbranched alkanes of at least 4 members (excludes halogenated alkanes) is 5. The number of carbonyl (C=O) groups excluding carboxylic acids is 1. The van der Waals surface area contributed by atoms with E-state index in [2.05, 4.69) is 17.6 Å². The average molecular weight is 336 g/mol. The third-order valence-electron chi connectivity index (χ3n) is 3.75. The summed E-state index contributed by atoms with van der Waals surface area (Å²) >= 11 is 0. The van der Waals surface area contributed by atoms with E-state index in [0.717, 1.165) is 13.0 Å². The van der Waals surface area contributed by atoms with Gasteiger partial charge in [-0.1, -0.05) is 39.0 Å². The summed E-state index contributed by atoms with van der Waals surface area (Å²) in [6.45, 7) is 3.71. The fourth-order valence-corrected chi connectivity index (χ4v) is 2.36. The summed E-state index contributed by atoms with van der Waals surface area (Å²) in [5.74, 6) is -0.176. The Balaban J connectivity index is 2.18. The molecule has 0 aromatic heterocycles. The molecule has 0 bridgehead atoms. The molecular formula is C17H28N4O3. The maximum Gasteiger partial charge on any atom is 0.294 e. The molecule has 24 heavy (non-hydrogen) atoms. The number of nitrogens with two attached hydrogens (primary N) is 1. The van der Waals surface area contributed by atoms with Gasteiger partial charge >= 0.3 is 0 Å². The highest BCUT2D eigenvalue weighted by Crippen LogP contribution is 2.24. The van der Waals surface area contributed by atoms with Crippen LogP contribution in [0.4, 0.5) is 17.1 Å². The zero-order chi connectivity index (χ0) is 17.8. The minimum atomic E-state index is -0.562. The normalized spacial score (nSPS) is 10.5. The average Bonchev–Trinajstić information content (AvgIpc) is 2.55. The summed E-state index contributed by atoms with van der Waals surface area (Å²) in [7, 11) is 0. The monoisotopic (exact) mass is 336 g/mol. The van der Waals surface area contributed by atoms with Crippen molar-refractivity contribution in [1.29, 1.82) is 0 Å². The van der Waals surface area contributed by atoms with Gasteiger partial charge in [0.05, 0.1) is 4.92 Å². The number of anilines is 2. The van der Waals surface area contributed by atoms with Gasteiger partial charge in [-0.2, -0.15) is 0 Å². The molecule has 0 aliphatic carbocycles. The third-order valence-corrected chi connectivity index (χ3v) is 3.75. The van der Waals surface area contributed by atoms with Crippen LogP contribution < -0.4 is 16.4 Å². The van der Waals surface area contributed by atoms with E-state index in [9.17, 15) is 14.9 Å². The van der Waals surface area contributed by atoms with Crippen LogP contribution in [0.5, 0.6) is 0 Å². The number of nitrogen functional groups attached to an aromatic ring is 1. The standard InChI is InChI=1S/C17H28N4O3/c1-2-3-4-5-6-7-11-19-12-10-17(22)20-14-8-9-15(18)16(13-14)21(23)24/h8-9,13,19H,2-7,10-12,18H2,1H3,(H,20,22). The number of nitrogens with zero attached hydrogens (tertiary/aromatic N) is 1. The second kappa shape index (κ2) is 11.4. The Hall–Kier alpha value is -2.15. The Morgan fingerprint density at radius 1 is 1.17 bits per heavy atom. The number of carbonyl (C=O) groups is 1. The molecule has 0 atom stereocenters. The Morgan fingerprint density at radius 2 is 1.88 bits per heavy atom. The maximum absolute atomic E-state index is 11.8. The molecule has 0 aliphatic rings. The Morgan fingerprint density at radius 3 is 2.58 bits per heavy atom. The van der Waals surface area contributed by atoms with Crippen molar-refractivity contribution in [3.63, 3.8) is 0 Å². The molecule has 0 unspecified atom stereocenters. The number of nitro benzene ring substituents is 1. The number of amides is 1. The van der Waals surface area contributed by atoms with E-state index in [1.807, 2.05) is 0 Å². The molecule has 0 radical (unpaired) electrons. The zero-order valence-corrected chi connectivity index (χ0v) is 14.3. The van der Waals surface area contributed by atoms with Crippen molar-refractivity contribution in [3.8, 4) is 0 Å². The first kappa shape index (κ1) is 19.9. The Bertz CT molecular complexity index is 535. The smallest absolute Gasteiger partial charge is 0.294 e. The molecule has 0 saturated carbocycles. The SMILES string of the molecule is CCCCCCCCNCCC(=O)Nc1ccc(N)c([N+](=O)[O-])c1. The first-order valence-electron chi connectivity index (χ1n) is 8.59. The highest BCUT2D eigenvalue weighted by molar-refractivity contribution is 5.91. The highest BCUT2D eigenvalue weighted by Gasteiger charge is 2.12. The molecule has 0 saturated heterocycles. The summed E-state index contributed by atoms with van der Waals surface area (Å²) in [6.07, 6.45) is 7.79. The van der Waals surface area contributed by atoms with E-state index in [0.29, 0.717) is 18.7 Å². The number of nitro groups is 1. The fraction of sp³-hybridized carbons (Fsp3) is 0.588. The van der Waals surface area contributed by atoms with Crippen molar-refractivity contribution in [1.82, 2.24) is 5.32 Å². The summed E-state index contributed by atoms with van der Waals surface area (Å²) < 4.78 is 0. The van der Waals surface area contributed by atoms with Crippen molar-refractivity contribution in [2.75, 3.05) is 24.1 Å². The van der Waals surface area contributed by atoms with Crippen LogP contribution in [-0.4, -0.2) is 23.9 Å². The second-order valence-corrected chi connectivity index (χ2v) is 5.85. The van der Waals surface area contributed by atoms with E-state index in [-0.39, 0.29) is 17.3 Å². The fourth-order valence-electron chi connectivity index (χ4n) is 2.36. The van der Waals surface area contributed by atoms with Gasteiger partial charge in [-0.3, -0.25) is 14.9 Å². The molecule has 4 N–H and O–H groups in total. The van der Waals surface area contributed by atoms with Gasteiger partial charge in [0.1, 0.15) is 5.69 Å². The van der Waals surface area contributed by atoms with Crippen molar-refractivity contribution in [2.24, 2.45) is 0 Å². The maximum atomic E-state index is 11.8. The van der Waals surface area contributed by atoms with Crippen LogP contribution >= 0.6 is 0 Å². The van der Waals surface area contributed by atoms with Gasteiger partial charge in [0.25, 0.3) is 5.69 Å². The van der Waals surface area contributed by atoms with Crippen LogP contribution in [0.3, 0.4) is 0 Å². The second-order valence-electron chi connectivity index (χ2n) is 5.85. The third kappa shape index (κ3) is 7.92. The quantitative estimate of drug-likeness (QED) is 0.234. The number of hydrogen-bond donors (Lipinski definition) is 3. The lowest BCUT2D eigenvalue weighted by atomic mass is 10.1. The summed E-state index contributed by atoms with van der Waals surface area (Å²) in [6, 6.07) is 4.26. The lowest BCUT2D eigenvalue weighted by molar-refractivity contribution is -0.383. The number of benzene rings is 1. The predicted molar refractivity (Wildman–Crippen MR) is 97.0 cm³/mol. The first-order chi connectivity index (χ1) is 11.5. The molecular weight excluding hydrogens is 308 g/mol. The topological polar surface area (TPSA) is 110 Å². The van der Waals surface area contributed by atoms with E-state index in [1.54, 1.807) is 6.07 Å². The summed E-state index contributed by atoms with van der Waals surface area (Å²) in [5.41, 5.74) is 5.79. The molecule has 0 spiro atoms. The van der Waals surface area contributed by atoms with Crippen LogP contribution in [0.25, 0.3) is 0 Å². The molecule has 1 amide bonds. The van der Waals surface area contributed by atoms with E-state index in [4.69, 9.17) is 5.73 Å². The zero-order valence-electron chi connectivity index (χ0n) is 14.3. The van der Waals surface area contributed by atoms with Crippen molar-refractivity contribution >= 4 is 23.0 Å². The van der Waals surface area contributed by atoms with Gasteiger partial charge in [-0.15, -0.1) is 0 Å². The van der Waals surface area contributed by atoms with E-state index < -0.39 is 4.92 Å². The Labute approximate surface area is 143 Å². The van der Waals surface area contributed by atoms with Gasteiger partial charge in [0, 0.05) is 24.7 Å². The van der Waals surface area contributed by atoms with Gasteiger partial charge in [-0.25, -0.2) is 0 Å². The van der Waals surface area contributed by atoms with Crippen LogP contribution in [0.15, 0.2) is 18.2 Å². The van der Waals surface area contributed by atoms with E-state index in [1.165, 1.54) is 44.2 Å². The minimum Gasteiger partial charge on any atom is -0.393 e. The van der Waals surface area contributed by atoms with Crippen LogP contribution in [0.1, 0.15) is 51.9 Å². The van der Waals surface area contributed by atoms with Gasteiger partial charge in [0.2, 0.25) is 5.91 Å². The molecule has 1 rings (SSSR count). The highest BCUT2D eigenvalue weighted by atomic mass is 16.6. The van der Waals surface area contributed by atoms with Gasteiger partial charge in [0.15, 0.2) is 0 Å². The number of nitrogens with one attached hydrogen (secondary N) is 2. The number of rotatable bonds is 12. The van der Waals surface area contributed by atoms with Gasteiger partial charge < -0.3 is 16.4 Å². The lowest BCUT2D eigenvalue weighted by Crippen LogP contribution is -2.22. The molecule has 134 valence electrons. The predicted octanol–water partition coefficient (Wildman–Crippen LogP) is 3.46. The van der Waals surface area contributed by atoms with Crippen molar-refractivity contribution in [3.05, 3.63) is 28.3 Å². The minimum absolute atomic E-state index is 0.0820. The van der Waals surface area contributed by atoms with E-state index >= 15 is 0 Å². The lowest BCUT2D eigenvalue weighted by Gasteiger charge is -2.07. The van der Waals surface area contributed by atoms with Crippen LogP contribution in [0, 0.1) is 10.1 Å². The van der Waals surface area contributed by atoms with Crippen LogP contribution in [-0.2, 0) is 4.79 Å². The van der Waals surface area contributed by atoms with Crippen molar-refractivity contribution < 1.29 is 9.72 Å². The molecule has 7 heteroatoms. The Kier molecular flexibility index (Phi) is 9.45. The molecule has 0 fully saturated rings. The summed E-state index contributed by atoms with van der Waals surface area (Å²) in [5, 5.41) is 16.7. The largest absolute Gasteiger partial charge is 0.393 e. The molecule has 1 aromatic rings. The van der Waals surface area contributed by atoms with Crippen LogP contribution in [0.2, 0.25) is 0 Å². The van der Waals surface area contributed by atoms with Gasteiger partial charge in [-0.05, 0) is 25.1 Å². The summed E-state index contributed by atoms with van der Waals surface area (Å²) in [4.78, 5) is 22.1. The molecule has 1 aromatic carbocycles. The first-order valence-corrected chi connectivity index (χ1v) is 8.59. The van der Waals surface area contributed by atoms with Crippen molar-refractivity contribution in [2.45, 2.75) is 51.9 Å².